The van der Waals surface area contributed by atoms with E-state index in [1.807, 2.05) is 72.8 Å². The summed E-state index contributed by atoms with van der Waals surface area (Å²) >= 11 is 0. The predicted molar refractivity (Wildman–Crippen MR) is 164 cm³/mol. The lowest BCUT2D eigenvalue weighted by Gasteiger charge is -2.22. The van der Waals surface area contributed by atoms with Crippen molar-refractivity contribution < 1.29 is 42.6 Å². The fraction of sp³-hybridized carbons (Fsp3) is 0.455. The van der Waals surface area contributed by atoms with E-state index in [-0.39, 0.29) is 0 Å². The van der Waals surface area contributed by atoms with Crippen molar-refractivity contribution in [2.45, 2.75) is 0 Å². The van der Waals surface area contributed by atoms with Crippen LogP contribution >= 0.6 is 0 Å². The molecule has 0 spiro atoms. The standard InChI is InChI=1S/C33H45NO9/c1-35-28-10-4-7-13-31(28)41-25-22-38-19-16-34(17-20-39-23-26-42-32-14-8-5-11-29(32)36-2)18-21-40-24-27-43-33-15-9-6-12-30(33)37-3/h4-15H,16-27H2,1-3H3. The van der Waals surface area contributed by atoms with Gasteiger partial charge in [-0.1, -0.05) is 36.4 Å². The summed E-state index contributed by atoms with van der Waals surface area (Å²) in [6.07, 6.45) is 0. The lowest BCUT2D eigenvalue weighted by atomic mass is 10.3. The Kier molecular flexibility index (Phi) is 16.6. The Morgan fingerprint density at radius 1 is 0.372 bits per heavy atom. The lowest BCUT2D eigenvalue weighted by molar-refractivity contribution is 0.0364. The van der Waals surface area contributed by atoms with Gasteiger partial charge in [-0.3, -0.25) is 4.90 Å². The highest BCUT2D eigenvalue weighted by molar-refractivity contribution is 5.40. The van der Waals surface area contributed by atoms with Gasteiger partial charge in [-0.2, -0.15) is 0 Å². The largest absolute Gasteiger partial charge is 0.493 e. The monoisotopic (exact) mass is 599 g/mol. The molecule has 0 radical (unpaired) electrons. The van der Waals surface area contributed by atoms with Crippen molar-refractivity contribution in [3.05, 3.63) is 72.8 Å². The van der Waals surface area contributed by atoms with Gasteiger partial charge in [-0.05, 0) is 36.4 Å². The van der Waals surface area contributed by atoms with Gasteiger partial charge in [0, 0.05) is 19.6 Å². The van der Waals surface area contributed by atoms with E-state index < -0.39 is 0 Å². The summed E-state index contributed by atoms with van der Waals surface area (Å²) < 4.78 is 50.8. The summed E-state index contributed by atoms with van der Waals surface area (Å²) in [7, 11) is 4.88. The Morgan fingerprint density at radius 2 is 0.651 bits per heavy atom. The molecule has 0 aliphatic carbocycles. The van der Waals surface area contributed by atoms with Gasteiger partial charge in [0.1, 0.15) is 19.8 Å². The van der Waals surface area contributed by atoms with Gasteiger partial charge in [0.2, 0.25) is 0 Å². The average Bonchev–Trinajstić information content (AvgIpc) is 3.05. The quantitative estimate of drug-likeness (QED) is 0.136. The third-order valence-corrected chi connectivity index (χ3v) is 6.32. The zero-order chi connectivity index (χ0) is 30.4. The van der Waals surface area contributed by atoms with Crippen LogP contribution in [0.2, 0.25) is 0 Å². The van der Waals surface area contributed by atoms with Crippen molar-refractivity contribution >= 4 is 0 Å². The van der Waals surface area contributed by atoms with Gasteiger partial charge in [-0.15, -0.1) is 0 Å². The maximum absolute atomic E-state index is 5.84. The van der Waals surface area contributed by atoms with E-state index in [0.717, 1.165) is 19.6 Å². The fourth-order valence-electron chi connectivity index (χ4n) is 4.07. The van der Waals surface area contributed by atoms with Crippen LogP contribution in [0.5, 0.6) is 34.5 Å². The second-order valence-electron chi connectivity index (χ2n) is 9.18. The molecule has 10 heteroatoms. The third-order valence-electron chi connectivity index (χ3n) is 6.32. The normalized spacial score (nSPS) is 10.9. The van der Waals surface area contributed by atoms with Crippen molar-refractivity contribution in [2.24, 2.45) is 0 Å². The van der Waals surface area contributed by atoms with Crippen molar-refractivity contribution in [1.82, 2.24) is 4.90 Å². The number of hydrogen-bond donors (Lipinski definition) is 0. The Morgan fingerprint density at radius 3 is 0.930 bits per heavy atom. The van der Waals surface area contributed by atoms with E-state index in [0.29, 0.717) is 94.0 Å². The smallest absolute Gasteiger partial charge is 0.161 e. The highest BCUT2D eigenvalue weighted by Gasteiger charge is 2.08. The molecule has 0 atom stereocenters. The van der Waals surface area contributed by atoms with Gasteiger partial charge < -0.3 is 42.6 Å². The molecule has 0 fully saturated rings. The summed E-state index contributed by atoms with van der Waals surface area (Å²) in [5.41, 5.74) is 0. The first kappa shape index (κ1) is 33.8. The first-order chi connectivity index (χ1) is 21.2. The van der Waals surface area contributed by atoms with E-state index in [1.165, 1.54) is 0 Å². The number of hydrogen-bond acceptors (Lipinski definition) is 10. The predicted octanol–water partition coefficient (Wildman–Crippen LogP) is 4.60. The molecule has 3 rings (SSSR count). The highest BCUT2D eigenvalue weighted by Crippen LogP contribution is 2.27. The molecule has 0 saturated heterocycles. The number of rotatable bonds is 24. The summed E-state index contributed by atoms with van der Waals surface area (Å²) in [6.45, 7) is 6.60. The maximum Gasteiger partial charge on any atom is 0.161 e. The van der Waals surface area contributed by atoms with Gasteiger partial charge >= 0.3 is 0 Å². The molecule has 0 aliphatic rings. The molecule has 43 heavy (non-hydrogen) atoms. The summed E-state index contributed by atoms with van der Waals surface area (Å²) in [6, 6.07) is 22.7. The number of nitrogens with zero attached hydrogens (tertiary/aromatic N) is 1. The maximum atomic E-state index is 5.84. The van der Waals surface area contributed by atoms with Crippen LogP contribution in [-0.2, 0) is 14.2 Å². The second-order valence-corrected chi connectivity index (χ2v) is 9.18. The zero-order valence-corrected chi connectivity index (χ0v) is 25.5. The Labute approximate surface area is 255 Å². The number of methoxy groups -OCH3 is 3. The summed E-state index contributed by atoms with van der Waals surface area (Å²) in [4.78, 5) is 2.25. The topological polar surface area (TPSA) is 86.3 Å². The van der Waals surface area contributed by atoms with Crippen LogP contribution in [0, 0.1) is 0 Å². The van der Waals surface area contributed by atoms with Gasteiger partial charge in [-0.25, -0.2) is 0 Å². The molecule has 0 N–H and O–H groups in total. The molecule has 3 aromatic rings. The molecular weight excluding hydrogens is 554 g/mol. The molecule has 0 aliphatic heterocycles. The van der Waals surface area contributed by atoms with Crippen molar-refractivity contribution in [2.75, 3.05) is 100 Å². The SMILES string of the molecule is COc1ccccc1OCCOCCN(CCOCCOc1ccccc1OC)CCOCCOc1ccccc1OC. The Hall–Kier alpha value is -3.70. The minimum atomic E-state index is 0.436. The number of para-hydroxylation sites is 6. The van der Waals surface area contributed by atoms with Crippen LogP contribution in [0.4, 0.5) is 0 Å². The summed E-state index contributed by atoms with van der Waals surface area (Å²) in [5, 5.41) is 0. The molecule has 236 valence electrons. The van der Waals surface area contributed by atoms with Crippen LogP contribution in [0.15, 0.2) is 72.8 Å². The minimum absolute atomic E-state index is 0.436. The molecule has 0 bridgehead atoms. The summed E-state index contributed by atoms with van der Waals surface area (Å²) in [5.74, 6) is 4.22. The average molecular weight is 600 g/mol. The highest BCUT2D eigenvalue weighted by atomic mass is 16.6. The lowest BCUT2D eigenvalue weighted by Crippen LogP contribution is -2.34. The van der Waals surface area contributed by atoms with E-state index in [4.69, 9.17) is 42.6 Å². The Bertz CT molecular complexity index is 1010. The first-order valence-electron chi connectivity index (χ1n) is 14.5. The van der Waals surface area contributed by atoms with Crippen LogP contribution in [-0.4, -0.2) is 105 Å². The molecule has 0 unspecified atom stereocenters. The molecule has 0 amide bonds. The minimum Gasteiger partial charge on any atom is -0.493 e. The van der Waals surface area contributed by atoms with E-state index in [9.17, 15) is 0 Å². The van der Waals surface area contributed by atoms with Crippen molar-refractivity contribution in [1.29, 1.82) is 0 Å². The number of benzene rings is 3. The first-order valence-corrected chi connectivity index (χ1v) is 14.5. The molecule has 3 aromatic carbocycles. The molecular formula is C33H45NO9. The third kappa shape index (κ3) is 13.0. The van der Waals surface area contributed by atoms with Crippen LogP contribution in [0.25, 0.3) is 0 Å². The number of ether oxygens (including phenoxy) is 9. The van der Waals surface area contributed by atoms with Crippen LogP contribution in [0.1, 0.15) is 0 Å². The van der Waals surface area contributed by atoms with Gasteiger partial charge in [0.15, 0.2) is 34.5 Å². The van der Waals surface area contributed by atoms with E-state index in [1.54, 1.807) is 21.3 Å². The fourth-order valence-corrected chi connectivity index (χ4v) is 4.07. The van der Waals surface area contributed by atoms with Crippen LogP contribution in [0.3, 0.4) is 0 Å². The molecule has 0 aromatic heterocycles. The second kappa shape index (κ2) is 21.1. The van der Waals surface area contributed by atoms with E-state index >= 15 is 0 Å². The van der Waals surface area contributed by atoms with Crippen LogP contribution < -0.4 is 28.4 Å². The molecule has 0 heterocycles. The Balaban J connectivity index is 1.33. The van der Waals surface area contributed by atoms with Crippen molar-refractivity contribution in [3.8, 4) is 34.5 Å². The van der Waals surface area contributed by atoms with E-state index in [2.05, 4.69) is 4.90 Å². The molecule has 10 nitrogen and oxygen atoms in total. The van der Waals surface area contributed by atoms with Gasteiger partial charge in [0.25, 0.3) is 0 Å². The van der Waals surface area contributed by atoms with Crippen molar-refractivity contribution in [3.63, 3.8) is 0 Å². The van der Waals surface area contributed by atoms with Gasteiger partial charge in [0.05, 0.1) is 61.0 Å². The molecule has 0 saturated carbocycles. The zero-order valence-electron chi connectivity index (χ0n) is 25.5.